The zero-order valence-corrected chi connectivity index (χ0v) is 17.0. The van der Waals surface area contributed by atoms with Crippen LogP contribution in [0, 0.1) is 5.92 Å². The van der Waals surface area contributed by atoms with Crippen LogP contribution in [0.5, 0.6) is 0 Å². The summed E-state index contributed by atoms with van der Waals surface area (Å²) in [4.78, 5) is 13.9. The molecule has 0 aromatic heterocycles. The molecule has 0 aliphatic heterocycles. The third kappa shape index (κ3) is 3.60. The molecule has 2 aromatic rings. The molecule has 0 fully saturated rings. The molecule has 1 aliphatic carbocycles. The second kappa shape index (κ2) is 8.84. The quantitative estimate of drug-likeness (QED) is 0.504. The van der Waals surface area contributed by atoms with Gasteiger partial charge in [0, 0.05) is 13.0 Å². The summed E-state index contributed by atoms with van der Waals surface area (Å²) >= 11 is 0. The van der Waals surface area contributed by atoms with Crippen LogP contribution >= 0.6 is 0 Å². The van der Waals surface area contributed by atoms with Crippen molar-refractivity contribution in [3.63, 3.8) is 0 Å². The zero-order valence-electron chi connectivity index (χ0n) is 17.0. The van der Waals surface area contributed by atoms with Gasteiger partial charge in [0.25, 0.3) is 0 Å². The number of ether oxygens (including phenoxy) is 1. The first-order chi connectivity index (χ1) is 13.2. The number of carbonyl (C=O) groups is 1. The van der Waals surface area contributed by atoms with Crippen LogP contribution < -0.4 is 0 Å². The summed E-state index contributed by atoms with van der Waals surface area (Å²) < 4.78 is 5.93. The first-order valence-electron chi connectivity index (χ1n) is 10.5. The van der Waals surface area contributed by atoms with E-state index in [9.17, 15) is 4.79 Å². The second-order valence-corrected chi connectivity index (χ2v) is 7.68. The molecule has 0 heterocycles. The van der Waals surface area contributed by atoms with Gasteiger partial charge in [0.05, 0.1) is 6.61 Å². The highest BCUT2D eigenvalue weighted by molar-refractivity contribution is 6.02. The van der Waals surface area contributed by atoms with Gasteiger partial charge in [-0.25, -0.2) is 0 Å². The Morgan fingerprint density at radius 1 is 0.963 bits per heavy atom. The van der Waals surface area contributed by atoms with Crippen LogP contribution in [0.1, 0.15) is 64.0 Å². The Bertz CT molecular complexity index is 732. The molecule has 2 nitrogen and oxygen atoms in total. The van der Waals surface area contributed by atoms with Gasteiger partial charge in [-0.1, -0.05) is 88.1 Å². The van der Waals surface area contributed by atoms with Crippen LogP contribution in [0.15, 0.2) is 48.5 Å². The lowest BCUT2D eigenvalue weighted by Gasteiger charge is -2.32. The number of carbonyl (C=O) groups excluding carboxylic acids is 1. The molecule has 144 valence electrons. The van der Waals surface area contributed by atoms with E-state index in [1.165, 1.54) is 24.0 Å². The second-order valence-electron chi connectivity index (χ2n) is 7.68. The molecule has 3 rings (SSSR count). The normalized spacial score (nSPS) is 15.2. The fraction of sp³-hybridized carbons (Fsp3) is 0.480. The molecule has 2 heteroatoms. The molecule has 0 amide bonds. The Balaban J connectivity index is 2.06. The summed E-state index contributed by atoms with van der Waals surface area (Å²) in [6.45, 7) is 7.47. The molecule has 0 N–H and O–H groups in total. The molecule has 27 heavy (non-hydrogen) atoms. The molecule has 0 spiro atoms. The molecule has 0 bridgehead atoms. The van der Waals surface area contributed by atoms with Crippen molar-refractivity contribution in [1.29, 1.82) is 0 Å². The van der Waals surface area contributed by atoms with E-state index in [1.807, 2.05) is 19.1 Å². The summed E-state index contributed by atoms with van der Waals surface area (Å²) in [6.07, 6.45) is 5.19. The predicted molar refractivity (Wildman–Crippen MR) is 112 cm³/mol. The fourth-order valence-corrected chi connectivity index (χ4v) is 4.50. The number of Topliss-reactive ketones (excluding diaryl/α,β-unsaturated/α-hetero) is 1. The zero-order chi connectivity index (χ0) is 19.3. The largest absolute Gasteiger partial charge is 0.380 e. The number of unbranched alkanes of at least 4 members (excludes halogenated alkanes) is 1. The highest BCUT2D eigenvalue weighted by Gasteiger charge is 2.48. The van der Waals surface area contributed by atoms with E-state index >= 15 is 0 Å². The van der Waals surface area contributed by atoms with Crippen LogP contribution in [0.25, 0.3) is 11.1 Å². The molecule has 0 radical (unpaired) electrons. The van der Waals surface area contributed by atoms with Gasteiger partial charge in [-0.3, -0.25) is 4.79 Å². The predicted octanol–water partition coefficient (Wildman–Crippen LogP) is 6.17. The molecular formula is C25H32O2. The maximum atomic E-state index is 13.9. The molecular weight excluding hydrogens is 332 g/mol. The fourth-order valence-electron chi connectivity index (χ4n) is 4.50. The van der Waals surface area contributed by atoms with Gasteiger partial charge in [-0.15, -0.1) is 0 Å². The van der Waals surface area contributed by atoms with Crippen molar-refractivity contribution in [3.8, 4) is 11.1 Å². The summed E-state index contributed by atoms with van der Waals surface area (Å²) in [6, 6.07) is 16.8. The van der Waals surface area contributed by atoms with Crippen LogP contribution in [-0.2, 0) is 14.9 Å². The minimum absolute atomic E-state index is 0.316. The number of hydrogen-bond acceptors (Lipinski definition) is 2. The number of benzene rings is 2. The molecule has 1 aliphatic rings. The number of rotatable bonds is 10. The Morgan fingerprint density at radius 3 is 2.07 bits per heavy atom. The van der Waals surface area contributed by atoms with E-state index in [2.05, 4.69) is 50.2 Å². The van der Waals surface area contributed by atoms with Crippen molar-refractivity contribution in [2.24, 2.45) is 5.92 Å². The van der Waals surface area contributed by atoms with Crippen LogP contribution in [-0.4, -0.2) is 19.0 Å². The van der Waals surface area contributed by atoms with Crippen LogP contribution in [0.3, 0.4) is 0 Å². The Kier molecular flexibility index (Phi) is 6.49. The van der Waals surface area contributed by atoms with E-state index < -0.39 is 5.41 Å². The van der Waals surface area contributed by atoms with E-state index in [0.717, 1.165) is 24.0 Å². The molecule has 1 atom stereocenters. The summed E-state index contributed by atoms with van der Waals surface area (Å²) in [5.41, 5.74) is 3.94. The highest BCUT2D eigenvalue weighted by atomic mass is 16.5. The van der Waals surface area contributed by atoms with Crippen molar-refractivity contribution in [2.45, 2.75) is 58.3 Å². The Hall–Kier alpha value is -1.93. The van der Waals surface area contributed by atoms with Crippen LogP contribution in [0.4, 0.5) is 0 Å². The topological polar surface area (TPSA) is 26.3 Å². The highest BCUT2D eigenvalue weighted by Crippen LogP contribution is 2.50. The van der Waals surface area contributed by atoms with Gasteiger partial charge in [0.1, 0.15) is 11.2 Å². The van der Waals surface area contributed by atoms with E-state index in [-0.39, 0.29) is 0 Å². The van der Waals surface area contributed by atoms with Gasteiger partial charge in [0.15, 0.2) is 0 Å². The lowest BCUT2D eigenvalue weighted by Crippen LogP contribution is -2.41. The van der Waals surface area contributed by atoms with Crippen molar-refractivity contribution in [1.82, 2.24) is 0 Å². The average Bonchev–Trinajstić information content (AvgIpc) is 3.00. The summed E-state index contributed by atoms with van der Waals surface area (Å²) in [7, 11) is 0. The molecule has 0 saturated carbocycles. The van der Waals surface area contributed by atoms with E-state index in [0.29, 0.717) is 31.3 Å². The SMILES string of the molecule is CCCCC(CC)CC(=O)C1(COCC)c2ccccc2-c2ccccc21. The standard InChI is InChI=1S/C25H32O2/c1-4-7-12-19(5-2)17-24(26)25(18-27-6-3)22-15-10-8-13-20(22)21-14-9-11-16-23(21)25/h8-11,13-16,19H,4-7,12,17-18H2,1-3H3. The third-order valence-electron chi connectivity index (χ3n) is 6.08. The maximum Gasteiger partial charge on any atom is 0.150 e. The number of hydrogen-bond donors (Lipinski definition) is 0. The first-order valence-corrected chi connectivity index (χ1v) is 10.5. The smallest absolute Gasteiger partial charge is 0.150 e. The first kappa shape index (κ1) is 19.8. The third-order valence-corrected chi connectivity index (χ3v) is 6.08. The number of ketones is 1. The summed E-state index contributed by atoms with van der Waals surface area (Å²) in [5.74, 6) is 0.771. The Labute approximate surface area is 164 Å². The minimum Gasteiger partial charge on any atom is -0.380 e. The maximum absolute atomic E-state index is 13.9. The van der Waals surface area contributed by atoms with Gasteiger partial charge in [0.2, 0.25) is 0 Å². The lowest BCUT2D eigenvalue weighted by molar-refractivity contribution is -0.126. The monoisotopic (exact) mass is 364 g/mol. The molecule has 0 saturated heterocycles. The lowest BCUT2D eigenvalue weighted by atomic mass is 9.72. The minimum atomic E-state index is -0.664. The van der Waals surface area contributed by atoms with Crippen molar-refractivity contribution in [2.75, 3.05) is 13.2 Å². The van der Waals surface area contributed by atoms with Crippen molar-refractivity contribution < 1.29 is 9.53 Å². The summed E-state index contributed by atoms with van der Waals surface area (Å²) in [5, 5.41) is 0. The molecule has 2 aromatic carbocycles. The van der Waals surface area contributed by atoms with Gasteiger partial charge in [-0.05, 0) is 35.1 Å². The van der Waals surface area contributed by atoms with Crippen molar-refractivity contribution in [3.05, 3.63) is 59.7 Å². The van der Waals surface area contributed by atoms with E-state index in [1.54, 1.807) is 0 Å². The average molecular weight is 365 g/mol. The van der Waals surface area contributed by atoms with Gasteiger partial charge < -0.3 is 4.74 Å². The van der Waals surface area contributed by atoms with Crippen LogP contribution in [0.2, 0.25) is 0 Å². The Morgan fingerprint density at radius 2 is 1.56 bits per heavy atom. The van der Waals surface area contributed by atoms with E-state index in [4.69, 9.17) is 4.74 Å². The van der Waals surface area contributed by atoms with Crippen molar-refractivity contribution >= 4 is 5.78 Å². The van der Waals surface area contributed by atoms with Gasteiger partial charge >= 0.3 is 0 Å². The number of fused-ring (bicyclic) bond motifs is 3. The van der Waals surface area contributed by atoms with Gasteiger partial charge in [-0.2, -0.15) is 0 Å². The molecule has 1 unspecified atom stereocenters.